The Morgan fingerprint density at radius 2 is 1.50 bits per heavy atom. The van der Waals surface area contributed by atoms with Crippen LogP contribution in [0.2, 0.25) is 0 Å². The molecule has 2 atom stereocenters. The molecule has 2 aromatic rings. The molecule has 0 aromatic heterocycles. The highest BCUT2D eigenvalue weighted by Gasteiger charge is 2.30. The number of aliphatic hydroxyl groups is 2. The Labute approximate surface area is 199 Å². The molecule has 7 nitrogen and oxygen atoms in total. The van der Waals surface area contributed by atoms with Gasteiger partial charge in [-0.15, -0.1) is 0 Å². The molecule has 7 heteroatoms. The summed E-state index contributed by atoms with van der Waals surface area (Å²) in [6, 6.07) is 7.33. The molecule has 1 fully saturated rings. The number of esters is 2. The van der Waals surface area contributed by atoms with Crippen molar-refractivity contribution in [1.29, 1.82) is 0 Å². The van der Waals surface area contributed by atoms with Crippen LogP contribution in [0.5, 0.6) is 0 Å². The minimum absolute atomic E-state index is 0.198. The van der Waals surface area contributed by atoms with E-state index in [2.05, 4.69) is 4.90 Å². The van der Waals surface area contributed by atoms with Crippen LogP contribution >= 0.6 is 0 Å². The van der Waals surface area contributed by atoms with Gasteiger partial charge in [0.15, 0.2) is 0 Å². The Kier molecular flexibility index (Phi) is 6.18. The average molecular weight is 466 g/mol. The van der Waals surface area contributed by atoms with E-state index in [-0.39, 0.29) is 24.5 Å². The fourth-order valence-corrected chi connectivity index (χ4v) is 5.60. The van der Waals surface area contributed by atoms with Gasteiger partial charge in [0, 0.05) is 17.7 Å². The molecular weight excluding hydrogens is 434 g/mol. The number of hydrogen-bond acceptors (Lipinski definition) is 7. The number of rotatable bonds is 6. The zero-order chi connectivity index (χ0) is 24.0. The number of benzene rings is 2. The van der Waals surface area contributed by atoms with Crippen molar-refractivity contribution in [2.24, 2.45) is 5.92 Å². The number of nitrogens with zero attached hydrogens (tertiary/aromatic N) is 1. The van der Waals surface area contributed by atoms with Crippen molar-refractivity contribution in [2.75, 3.05) is 19.6 Å². The summed E-state index contributed by atoms with van der Waals surface area (Å²) in [5.74, 6) is -0.364. The molecule has 0 aliphatic carbocycles. The van der Waals surface area contributed by atoms with Crippen LogP contribution in [-0.2, 0) is 29.1 Å². The first-order valence-electron chi connectivity index (χ1n) is 12.0. The van der Waals surface area contributed by atoms with Gasteiger partial charge in [-0.3, -0.25) is 0 Å². The number of likely N-dealkylation sites (tertiary alicyclic amines) is 1. The van der Waals surface area contributed by atoms with E-state index >= 15 is 0 Å². The third-order valence-electron chi connectivity index (χ3n) is 7.88. The number of ether oxygens (including phenoxy) is 2. The van der Waals surface area contributed by atoms with Crippen molar-refractivity contribution in [1.82, 2.24) is 4.90 Å². The van der Waals surface area contributed by atoms with Crippen LogP contribution in [0.15, 0.2) is 24.3 Å². The molecule has 1 unspecified atom stereocenters. The summed E-state index contributed by atoms with van der Waals surface area (Å²) in [7, 11) is 0. The predicted octanol–water partition coefficient (Wildman–Crippen LogP) is 2.99. The van der Waals surface area contributed by atoms with Gasteiger partial charge in [0.2, 0.25) is 0 Å². The van der Waals surface area contributed by atoms with E-state index in [0.717, 1.165) is 59.3 Å². The number of carbonyl (C=O) groups excluding carboxylic acids is 2. The molecule has 2 aromatic carbocycles. The van der Waals surface area contributed by atoms with E-state index < -0.39 is 12.2 Å². The first kappa shape index (κ1) is 23.0. The second kappa shape index (κ2) is 9.13. The van der Waals surface area contributed by atoms with Crippen molar-refractivity contribution in [3.05, 3.63) is 68.8 Å². The molecule has 3 aliphatic rings. The summed E-state index contributed by atoms with van der Waals surface area (Å²) in [4.78, 5) is 25.8. The molecule has 3 heterocycles. The lowest BCUT2D eigenvalue weighted by Gasteiger charge is -2.35. The summed E-state index contributed by atoms with van der Waals surface area (Å²) in [5.41, 5.74) is 6.93. The molecule has 0 radical (unpaired) electrons. The monoisotopic (exact) mass is 465 g/mol. The first-order chi connectivity index (χ1) is 16.3. The molecule has 2 N–H and O–H groups in total. The minimum Gasteiger partial charge on any atom is -0.457 e. The van der Waals surface area contributed by atoms with Crippen LogP contribution in [0.1, 0.15) is 73.0 Å². The largest absolute Gasteiger partial charge is 0.457 e. The fraction of sp³-hybridized carbons (Fsp3) is 0.481. The zero-order valence-electron chi connectivity index (χ0n) is 19.7. The van der Waals surface area contributed by atoms with Crippen molar-refractivity contribution in [3.63, 3.8) is 0 Å². The number of fused-ring (bicyclic) bond motifs is 2. The summed E-state index contributed by atoms with van der Waals surface area (Å²) >= 11 is 0. The average Bonchev–Trinajstić information content (AvgIpc) is 3.40. The van der Waals surface area contributed by atoms with E-state index in [1.165, 1.54) is 0 Å². The highest BCUT2D eigenvalue weighted by Crippen LogP contribution is 2.32. The highest BCUT2D eigenvalue weighted by molar-refractivity contribution is 5.94. The van der Waals surface area contributed by atoms with Gasteiger partial charge >= 0.3 is 11.9 Å². The topological polar surface area (TPSA) is 96.3 Å². The summed E-state index contributed by atoms with van der Waals surface area (Å²) in [5, 5.41) is 21.8. The van der Waals surface area contributed by atoms with Gasteiger partial charge in [-0.05, 0) is 86.5 Å². The number of piperidine rings is 1. The third-order valence-corrected chi connectivity index (χ3v) is 7.88. The van der Waals surface area contributed by atoms with Crippen molar-refractivity contribution >= 4 is 11.9 Å². The number of carbonyl (C=O) groups is 2. The molecule has 34 heavy (non-hydrogen) atoms. The maximum Gasteiger partial charge on any atom is 0.338 e. The zero-order valence-corrected chi connectivity index (χ0v) is 19.7. The lowest BCUT2D eigenvalue weighted by molar-refractivity contribution is 0.0405. The molecule has 0 bridgehead atoms. The number of cyclic esters (lactones) is 2. The van der Waals surface area contributed by atoms with Crippen LogP contribution in [-0.4, -0.2) is 52.8 Å². The van der Waals surface area contributed by atoms with E-state index in [4.69, 9.17) is 9.47 Å². The van der Waals surface area contributed by atoms with Gasteiger partial charge < -0.3 is 24.6 Å². The minimum atomic E-state index is -0.638. The Morgan fingerprint density at radius 3 is 2.15 bits per heavy atom. The summed E-state index contributed by atoms with van der Waals surface area (Å²) in [6.45, 7) is 6.68. The summed E-state index contributed by atoms with van der Waals surface area (Å²) < 4.78 is 10.3. The second-order valence-corrected chi connectivity index (χ2v) is 9.76. The standard InChI is InChI=1S/C27H31NO6/c1-15-18(3-4-20-22(15)13-33-26(20)31)11-24(29)17-7-9-28(10-8-17)12-25(30)19-5-6-21-23(16(19)2)14-34-27(21)32/h3-6,17,24-25,29-30H,7-14H2,1-2H3/t24?,25-/m0/s1. The highest BCUT2D eigenvalue weighted by atomic mass is 16.5. The molecule has 0 spiro atoms. The normalized spacial score (nSPS) is 20.0. The Hall–Kier alpha value is -2.74. The van der Waals surface area contributed by atoms with E-state index in [0.29, 0.717) is 30.7 Å². The molecule has 5 rings (SSSR count). The predicted molar refractivity (Wildman–Crippen MR) is 124 cm³/mol. The van der Waals surface area contributed by atoms with Crippen LogP contribution in [0.25, 0.3) is 0 Å². The Balaban J connectivity index is 1.16. The third kappa shape index (κ3) is 4.13. The van der Waals surface area contributed by atoms with Gasteiger partial charge in [0.1, 0.15) is 13.2 Å². The van der Waals surface area contributed by atoms with Crippen LogP contribution < -0.4 is 0 Å². The quantitative estimate of drug-likeness (QED) is 0.633. The molecule has 0 saturated carbocycles. The van der Waals surface area contributed by atoms with E-state index in [9.17, 15) is 19.8 Å². The maximum atomic E-state index is 11.8. The first-order valence-corrected chi connectivity index (χ1v) is 12.0. The fourth-order valence-electron chi connectivity index (χ4n) is 5.60. The lowest BCUT2D eigenvalue weighted by atomic mass is 9.85. The van der Waals surface area contributed by atoms with Gasteiger partial charge in [0.05, 0.1) is 23.3 Å². The Bertz CT molecular complexity index is 1130. The van der Waals surface area contributed by atoms with E-state index in [1.54, 1.807) is 6.07 Å². The molecule has 3 aliphatic heterocycles. The molecule has 180 valence electrons. The maximum absolute atomic E-state index is 11.8. The number of hydrogen-bond donors (Lipinski definition) is 2. The number of aliphatic hydroxyl groups excluding tert-OH is 2. The number of β-amino-alcohol motifs (C(OH)–C–C–N with tert-alkyl or cyclic N) is 1. The van der Waals surface area contributed by atoms with Crippen molar-refractivity contribution < 1.29 is 29.3 Å². The van der Waals surface area contributed by atoms with Gasteiger partial charge in [0.25, 0.3) is 0 Å². The van der Waals surface area contributed by atoms with Gasteiger partial charge in [-0.1, -0.05) is 12.1 Å². The molecule has 0 amide bonds. The molecule has 1 saturated heterocycles. The van der Waals surface area contributed by atoms with Crippen molar-refractivity contribution in [2.45, 2.75) is 58.5 Å². The lowest BCUT2D eigenvalue weighted by Crippen LogP contribution is -2.40. The smallest absolute Gasteiger partial charge is 0.338 e. The second-order valence-electron chi connectivity index (χ2n) is 9.76. The molecular formula is C27H31NO6. The van der Waals surface area contributed by atoms with E-state index in [1.807, 2.05) is 32.0 Å². The summed E-state index contributed by atoms with van der Waals surface area (Å²) in [6.07, 6.45) is 1.21. The van der Waals surface area contributed by atoms with Gasteiger partial charge in [-0.25, -0.2) is 9.59 Å². The Morgan fingerprint density at radius 1 is 0.912 bits per heavy atom. The SMILES string of the molecule is Cc1c(CC(O)C2CCN(C[C@H](O)c3ccc4c(c3C)COC4=O)CC2)ccc2c1COC2=O. The van der Waals surface area contributed by atoms with Crippen LogP contribution in [0.3, 0.4) is 0 Å². The van der Waals surface area contributed by atoms with Crippen molar-refractivity contribution in [3.8, 4) is 0 Å². The van der Waals surface area contributed by atoms with Crippen LogP contribution in [0.4, 0.5) is 0 Å². The van der Waals surface area contributed by atoms with Crippen LogP contribution in [0, 0.1) is 19.8 Å². The van der Waals surface area contributed by atoms with Gasteiger partial charge in [-0.2, -0.15) is 0 Å².